The summed E-state index contributed by atoms with van der Waals surface area (Å²) >= 11 is 0. The van der Waals surface area contributed by atoms with E-state index in [1.165, 1.54) is 6.07 Å². The van der Waals surface area contributed by atoms with Crippen molar-refractivity contribution in [2.45, 2.75) is 24.7 Å². The van der Waals surface area contributed by atoms with Crippen LogP contribution in [0.25, 0.3) is 0 Å². The Kier molecular flexibility index (Phi) is 3.82. The molecule has 2 rings (SSSR count). The lowest BCUT2D eigenvalue weighted by molar-refractivity contribution is -0.119. The molecule has 1 aromatic rings. The van der Waals surface area contributed by atoms with Gasteiger partial charge in [0.15, 0.2) is 0 Å². The summed E-state index contributed by atoms with van der Waals surface area (Å²) in [4.78, 5) is 11.2. The molecule has 0 radical (unpaired) electrons. The fourth-order valence-electron chi connectivity index (χ4n) is 1.84. The maximum Gasteiger partial charge on any atom is 0.264 e. The molecule has 4 nitrogen and oxygen atoms in total. The van der Waals surface area contributed by atoms with Crippen LogP contribution in [0.2, 0.25) is 0 Å². The maximum absolute atomic E-state index is 13.6. The smallest absolute Gasteiger partial charge is 0.264 e. The van der Waals surface area contributed by atoms with Crippen molar-refractivity contribution in [2.24, 2.45) is 11.8 Å². The highest BCUT2D eigenvalue weighted by Gasteiger charge is 2.32. The number of amides is 1. The molecule has 0 spiro atoms. The second-order valence-corrected chi connectivity index (χ2v) is 7.23. The van der Waals surface area contributed by atoms with Crippen LogP contribution in [-0.4, -0.2) is 14.3 Å². The van der Waals surface area contributed by atoms with Gasteiger partial charge in [-0.15, -0.1) is 0 Å². The number of hydrogen-bond donors (Lipinski definition) is 1. The zero-order chi connectivity index (χ0) is 14.2. The van der Waals surface area contributed by atoms with Crippen LogP contribution in [0.1, 0.15) is 19.8 Å². The van der Waals surface area contributed by atoms with Gasteiger partial charge in [-0.1, -0.05) is 6.92 Å². The molecule has 0 aliphatic heterocycles. The van der Waals surface area contributed by atoms with Crippen molar-refractivity contribution in [3.05, 3.63) is 24.0 Å². The first-order chi connectivity index (χ1) is 8.79. The minimum absolute atomic E-state index is 0.125. The molecule has 0 bridgehead atoms. The van der Waals surface area contributed by atoms with Gasteiger partial charge >= 0.3 is 0 Å². The molecule has 1 atom stereocenters. The highest BCUT2D eigenvalue weighted by atomic mass is 35.7. The van der Waals surface area contributed by atoms with Crippen molar-refractivity contribution in [3.63, 3.8) is 0 Å². The Morgan fingerprint density at radius 3 is 2.58 bits per heavy atom. The van der Waals surface area contributed by atoms with Gasteiger partial charge in [0.2, 0.25) is 5.91 Å². The molecule has 1 fully saturated rings. The molecule has 1 saturated carbocycles. The normalized spacial score (nSPS) is 17.0. The van der Waals surface area contributed by atoms with Crippen molar-refractivity contribution in [3.8, 4) is 0 Å². The number of carbonyl (C=O) groups excluding carboxylic acids is 1. The van der Waals surface area contributed by atoms with Crippen LogP contribution in [0, 0.1) is 17.7 Å². The predicted octanol–water partition coefficient (Wildman–Crippen LogP) is 2.74. The van der Waals surface area contributed by atoms with Crippen LogP contribution in [0.3, 0.4) is 0 Å². The highest BCUT2D eigenvalue weighted by Crippen LogP contribution is 2.37. The number of nitrogens with one attached hydrogen (secondary N) is 1. The lowest BCUT2D eigenvalue weighted by Crippen LogP contribution is -2.21. The first-order valence-electron chi connectivity index (χ1n) is 5.84. The van der Waals surface area contributed by atoms with Gasteiger partial charge < -0.3 is 5.32 Å². The molecule has 7 heteroatoms. The molecule has 19 heavy (non-hydrogen) atoms. The second-order valence-electron chi connectivity index (χ2n) is 4.70. The van der Waals surface area contributed by atoms with Gasteiger partial charge in [0.1, 0.15) is 10.7 Å². The Morgan fingerprint density at radius 1 is 1.47 bits per heavy atom. The van der Waals surface area contributed by atoms with Gasteiger partial charge in [-0.2, -0.15) is 0 Å². The topological polar surface area (TPSA) is 63.2 Å². The monoisotopic (exact) mass is 305 g/mol. The summed E-state index contributed by atoms with van der Waals surface area (Å²) in [6.45, 7) is 1.82. The molecule has 0 heterocycles. The van der Waals surface area contributed by atoms with Gasteiger partial charge in [-0.05, 0) is 37.0 Å². The number of anilines is 1. The van der Waals surface area contributed by atoms with E-state index in [1.54, 1.807) is 0 Å². The Hall–Kier alpha value is -1.14. The molecule has 1 unspecified atom stereocenters. The van der Waals surface area contributed by atoms with Crippen LogP contribution in [0.5, 0.6) is 0 Å². The molecule has 0 saturated heterocycles. The summed E-state index contributed by atoms with van der Waals surface area (Å²) < 4.78 is 35.6. The number of hydrogen-bond acceptors (Lipinski definition) is 3. The van der Waals surface area contributed by atoms with Crippen LogP contribution >= 0.6 is 10.7 Å². The van der Waals surface area contributed by atoms with Crippen LogP contribution < -0.4 is 5.32 Å². The average Bonchev–Trinajstić information content (AvgIpc) is 3.09. The van der Waals surface area contributed by atoms with Gasteiger partial charge in [-0.3, -0.25) is 4.79 Å². The number of benzene rings is 1. The Bertz CT molecular complexity index is 613. The third kappa shape index (κ3) is 3.45. The molecule has 1 amide bonds. The lowest BCUT2D eigenvalue weighted by Gasteiger charge is -2.11. The molecular weight excluding hydrogens is 293 g/mol. The SMILES string of the molecule is CC(C(=O)Nc1ccc(S(=O)(=O)Cl)c(F)c1)C1CC1. The second kappa shape index (κ2) is 5.09. The van der Waals surface area contributed by atoms with Crippen molar-refractivity contribution < 1.29 is 17.6 Å². The van der Waals surface area contributed by atoms with Crippen LogP contribution in [-0.2, 0) is 13.8 Å². The van der Waals surface area contributed by atoms with Gasteiger partial charge in [0.25, 0.3) is 9.05 Å². The molecule has 0 aromatic heterocycles. The van der Waals surface area contributed by atoms with E-state index in [4.69, 9.17) is 10.7 Å². The average molecular weight is 306 g/mol. The Balaban J connectivity index is 2.14. The molecule has 1 aliphatic rings. The first kappa shape index (κ1) is 14.3. The maximum atomic E-state index is 13.6. The summed E-state index contributed by atoms with van der Waals surface area (Å²) in [5.41, 5.74) is 0.221. The zero-order valence-corrected chi connectivity index (χ0v) is 11.8. The molecular formula is C12H13ClFNO3S. The highest BCUT2D eigenvalue weighted by molar-refractivity contribution is 8.13. The van der Waals surface area contributed by atoms with E-state index in [0.29, 0.717) is 5.92 Å². The first-order valence-corrected chi connectivity index (χ1v) is 8.15. The number of carbonyl (C=O) groups is 1. The summed E-state index contributed by atoms with van der Waals surface area (Å²) in [6, 6.07) is 3.30. The fraction of sp³-hybridized carbons (Fsp3) is 0.417. The van der Waals surface area contributed by atoms with Crippen molar-refractivity contribution in [1.29, 1.82) is 0 Å². The predicted molar refractivity (Wildman–Crippen MR) is 70.0 cm³/mol. The van der Waals surface area contributed by atoms with Crippen molar-refractivity contribution >= 4 is 31.3 Å². The van der Waals surface area contributed by atoms with Crippen LogP contribution in [0.15, 0.2) is 23.1 Å². The number of rotatable bonds is 4. The van der Waals surface area contributed by atoms with E-state index < -0.39 is 19.8 Å². The minimum atomic E-state index is -4.11. The van der Waals surface area contributed by atoms with E-state index in [2.05, 4.69) is 5.32 Å². The Morgan fingerprint density at radius 2 is 2.11 bits per heavy atom. The molecule has 1 aliphatic carbocycles. The van der Waals surface area contributed by atoms with E-state index in [-0.39, 0.29) is 17.5 Å². The third-order valence-corrected chi connectivity index (χ3v) is 4.56. The van der Waals surface area contributed by atoms with Gasteiger partial charge in [0, 0.05) is 22.3 Å². The van der Waals surface area contributed by atoms with Gasteiger partial charge in [-0.25, -0.2) is 12.8 Å². The molecule has 1 aromatic carbocycles. The van der Waals surface area contributed by atoms with E-state index in [9.17, 15) is 17.6 Å². The van der Waals surface area contributed by atoms with Crippen molar-refractivity contribution in [1.82, 2.24) is 0 Å². The van der Waals surface area contributed by atoms with E-state index in [0.717, 1.165) is 25.0 Å². The molecule has 1 N–H and O–H groups in total. The summed E-state index contributed by atoms with van der Waals surface area (Å²) in [5, 5.41) is 2.57. The van der Waals surface area contributed by atoms with Crippen LogP contribution in [0.4, 0.5) is 10.1 Å². The van der Waals surface area contributed by atoms with E-state index >= 15 is 0 Å². The standard InChI is InChI=1S/C12H13ClFNO3S/c1-7(8-2-3-8)12(16)15-9-4-5-11(10(14)6-9)19(13,17)18/h4-8H,2-3H2,1H3,(H,15,16). The largest absolute Gasteiger partial charge is 0.326 e. The Labute approximate surface area is 115 Å². The quantitative estimate of drug-likeness (QED) is 0.870. The summed E-state index contributed by atoms with van der Waals surface area (Å²) in [5.74, 6) is -0.901. The fourth-order valence-corrected chi connectivity index (χ4v) is 2.74. The third-order valence-electron chi connectivity index (χ3n) is 3.20. The lowest BCUT2D eigenvalue weighted by atomic mass is 10.1. The number of halogens is 2. The minimum Gasteiger partial charge on any atom is -0.326 e. The summed E-state index contributed by atoms with van der Waals surface area (Å²) in [6.07, 6.45) is 2.07. The van der Waals surface area contributed by atoms with Gasteiger partial charge in [0.05, 0.1) is 0 Å². The van der Waals surface area contributed by atoms with E-state index in [1.807, 2.05) is 6.92 Å². The summed E-state index contributed by atoms with van der Waals surface area (Å²) in [7, 11) is 0.953. The molecule has 104 valence electrons. The van der Waals surface area contributed by atoms with Crippen molar-refractivity contribution in [2.75, 3.05) is 5.32 Å². The zero-order valence-electron chi connectivity index (χ0n) is 10.2.